The fraction of sp³-hybridized carbons (Fsp3) is 0.929. The lowest BCUT2D eigenvalue weighted by Crippen LogP contribution is -2.46. The molecule has 0 aromatic carbocycles. The molecule has 4 atom stereocenters. The molecule has 16 heavy (non-hydrogen) atoms. The topological polar surface area (TPSA) is 17.1 Å². The van der Waals surface area contributed by atoms with Gasteiger partial charge in [0.25, 0.3) is 0 Å². The normalized spacial score (nSPS) is 44.3. The Labute approximate surface area is 105 Å². The summed E-state index contributed by atoms with van der Waals surface area (Å²) in [5.74, 6) is 1.60. The van der Waals surface area contributed by atoms with E-state index >= 15 is 0 Å². The number of alkyl halides is 1. The zero-order chi connectivity index (χ0) is 12.7. The van der Waals surface area contributed by atoms with Crippen molar-refractivity contribution in [2.75, 3.05) is 0 Å². The maximum Gasteiger partial charge on any atom is 0.124 e. The summed E-state index contributed by atoms with van der Waals surface area (Å²) >= 11 is 6.74. The third-order valence-corrected chi connectivity index (χ3v) is 5.88. The average molecular weight is 245 g/mol. The van der Waals surface area contributed by atoms with Gasteiger partial charge >= 0.3 is 0 Å². The van der Waals surface area contributed by atoms with Gasteiger partial charge in [-0.25, -0.2) is 0 Å². The Morgan fingerprint density at radius 2 is 1.75 bits per heavy atom. The van der Waals surface area contributed by atoms with E-state index in [1.165, 1.54) is 0 Å². The van der Waals surface area contributed by atoms with E-state index < -0.39 is 4.87 Å². The molecule has 1 fully saturated rings. The molecule has 94 valence electrons. The standard InChI is InChI=1S/C14H25ClO/c1-9(2)12-7-11(8-16)14(6,15)13(12,5)10(3)4/h8-12H,7H2,1-6H3/t11?,12?,13-,14?/m0/s1. The van der Waals surface area contributed by atoms with Crippen LogP contribution >= 0.6 is 11.6 Å². The quantitative estimate of drug-likeness (QED) is 0.539. The summed E-state index contributed by atoms with van der Waals surface area (Å²) in [7, 11) is 0. The highest BCUT2D eigenvalue weighted by Gasteiger charge is 2.60. The highest BCUT2D eigenvalue weighted by atomic mass is 35.5. The Bertz CT molecular complexity index is 270. The van der Waals surface area contributed by atoms with E-state index in [2.05, 4.69) is 41.5 Å². The summed E-state index contributed by atoms with van der Waals surface area (Å²) in [5, 5.41) is 0. The van der Waals surface area contributed by atoms with Crippen LogP contribution in [0.1, 0.15) is 48.0 Å². The number of rotatable bonds is 3. The van der Waals surface area contributed by atoms with Gasteiger partial charge in [0, 0.05) is 5.92 Å². The molecule has 0 aromatic heterocycles. The van der Waals surface area contributed by atoms with E-state index in [1.807, 2.05) is 0 Å². The Kier molecular flexibility index (Phi) is 3.79. The molecule has 0 radical (unpaired) electrons. The number of hydrogen-bond donors (Lipinski definition) is 0. The van der Waals surface area contributed by atoms with Crippen LogP contribution in [0.3, 0.4) is 0 Å². The smallest absolute Gasteiger partial charge is 0.124 e. The van der Waals surface area contributed by atoms with Crippen LogP contribution in [-0.4, -0.2) is 11.2 Å². The number of carbonyl (C=O) groups is 1. The van der Waals surface area contributed by atoms with Crippen molar-refractivity contribution < 1.29 is 4.79 Å². The Morgan fingerprint density at radius 3 is 2.00 bits per heavy atom. The summed E-state index contributed by atoms with van der Waals surface area (Å²) < 4.78 is 0. The summed E-state index contributed by atoms with van der Waals surface area (Å²) in [5.41, 5.74) is 0.0360. The van der Waals surface area contributed by atoms with Crippen LogP contribution in [0.2, 0.25) is 0 Å². The Morgan fingerprint density at radius 1 is 1.25 bits per heavy atom. The molecule has 1 aliphatic carbocycles. The van der Waals surface area contributed by atoms with Gasteiger partial charge < -0.3 is 4.79 Å². The van der Waals surface area contributed by atoms with Gasteiger partial charge in [-0.15, -0.1) is 11.6 Å². The number of halogens is 1. The lowest BCUT2D eigenvalue weighted by molar-refractivity contribution is -0.112. The van der Waals surface area contributed by atoms with E-state index in [4.69, 9.17) is 11.6 Å². The number of hydrogen-bond acceptors (Lipinski definition) is 1. The van der Waals surface area contributed by atoms with Gasteiger partial charge in [-0.1, -0.05) is 34.6 Å². The van der Waals surface area contributed by atoms with Gasteiger partial charge in [-0.3, -0.25) is 0 Å². The molecule has 1 aliphatic rings. The highest BCUT2D eigenvalue weighted by molar-refractivity contribution is 6.25. The third kappa shape index (κ3) is 1.72. The minimum atomic E-state index is -0.405. The van der Waals surface area contributed by atoms with Crippen LogP contribution in [-0.2, 0) is 4.79 Å². The summed E-state index contributed by atoms with van der Waals surface area (Å²) in [6.07, 6.45) is 2.01. The first-order valence-corrected chi connectivity index (χ1v) is 6.71. The van der Waals surface area contributed by atoms with Crippen molar-refractivity contribution >= 4 is 17.9 Å². The van der Waals surface area contributed by atoms with Crippen LogP contribution in [0.4, 0.5) is 0 Å². The highest BCUT2D eigenvalue weighted by Crippen LogP contribution is 2.62. The van der Waals surface area contributed by atoms with Gasteiger partial charge in [0.1, 0.15) is 6.29 Å². The molecule has 0 spiro atoms. The van der Waals surface area contributed by atoms with Crippen LogP contribution in [0.5, 0.6) is 0 Å². The Balaban J connectivity index is 3.21. The minimum Gasteiger partial charge on any atom is -0.303 e. The summed E-state index contributed by atoms with van der Waals surface area (Å²) in [6, 6.07) is 0. The second-order valence-electron chi connectivity index (χ2n) is 6.34. The SMILES string of the molecule is CC(C)C1CC(C=O)C(C)(Cl)[C@@]1(C)C(C)C. The van der Waals surface area contributed by atoms with Crippen LogP contribution in [0.25, 0.3) is 0 Å². The molecular weight excluding hydrogens is 220 g/mol. The van der Waals surface area contributed by atoms with E-state index in [0.29, 0.717) is 17.8 Å². The average Bonchev–Trinajstić information content (AvgIpc) is 2.36. The van der Waals surface area contributed by atoms with Gasteiger partial charge in [0.05, 0.1) is 4.87 Å². The monoisotopic (exact) mass is 244 g/mol. The van der Waals surface area contributed by atoms with Crippen molar-refractivity contribution in [1.29, 1.82) is 0 Å². The van der Waals surface area contributed by atoms with Crippen molar-refractivity contribution in [2.24, 2.45) is 29.1 Å². The number of aldehydes is 1. The van der Waals surface area contributed by atoms with E-state index in [1.54, 1.807) is 0 Å². The predicted molar refractivity (Wildman–Crippen MR) is 69.7 cm³/mol. The fourth-order valence-corrected chi connectivity index (χ4v) is 4.14. The summed E-state index contributed by atoms with van der Waals surface area (Å²) in [4.78, 5) is 10.8. The van der Waals surface area contributed by atoms with E-state index in [9.17, 15) is 4.79 Å². The lowest BCUT2D eigenvalue weighted by atomic mass is 9.63. The van der Waals surface area contributed by atoms with Gasteiger partial charge in [-0.2, -0.15) is 0 Å². The minimum absolute atomic E-state index is 0.00559. The zero-order valence-electron chi connectivity index (χ0n) is 11.4. The molecule has 1 saturated carbocycles. The molecule has 1 nitrogen and oxygen atoms in total. The molecule has 0 amide bonds. The molecule has 3 unspecified atom stereocenters. The molecule has 1 rings (SSSR count). The first-order valence-electron chi connectivity index (χ1n) is 6.33. The molecule has 0 N–H and O–H groups in total. The second-order valence-corrected chi connectivity index (χ2v) is 7.13. The lowest BCUT2D eigenvalue weighted by Gasteiger charge is -2.46. The maximum absolute atomic E-state index is 11.2. The first kappa shape index (κ1) is 14.0. The molecule has 0 heterocycles. The molecule has 0 aromatic rings. The van der Waals surface area contributed by atoms with Crippen LogP contribution in [0.15, 0.2) is 0 Å². The van der Waals surface area contributed by atoms with E-state index in [-0.39, 0.29) is 11.3 Å². The third-order valence-electron chi connectivity index (χ3n) is 5.20. The molecular formula is C14H25ClO. The molecule has 0 bridgehead atoms. The summed E-state index contributed by atoms with van der Waals surface area (Å²) in [6.45, 7) is 13.2. The van der Waals surface area contributed by atoms with E-state index in [0.717, 1.165) is 12.7 Å². The second kappa shape index (κ2) is 4.33. The maximum atomic E-state index is 11.2. The van der Waals surface area contributed by atoms with Crippen molar-refractivity contribution in [1.82, 2.24) is 0 Å². The van der Waals surface area contributed by atoms with Crippen molar-refractivity contribution in [3.8, 4) is 0 Å². The van der Waals surface area contributed by atoms with Crippen LogP contribution in [0, 0.1) is 29.1 Å². The predicted octanol–water partition coefficient (Wildman–Crippen LogP) is 4.14. The van der Waals surface area contributed by atoms with Gasteiger partial charge in [0.2, 0.25) is 0 Å². The Hall–Kier alpha value is -0.0400. The largest absolute Gasteiger partial charge is 0.303 e. The first-order chi connectivity index (χ1) is 7.19. The van der Waals surface area contributed by atoms with Gasteiger partial charge in [-0.05, 0) is 36.5 Å². The van der Waals surface area contributed by atoms with Gasteiger partial charge in [0.15, 0.2) is 0 Å². The number of carbonyl (C=O) groups excluding carboxylic acids is 1. The molecule has 0 aliphatic heterocycles. The molecule has 2 heteroatoms. The van der Waals surface area contributed by atoms with Crippen molar-refractivity contribution in [3.05, 3.63) is 0 Å². The zero-order valence-corrected chi connectivity index (χ0v) is 12.1. The molecule has 0 saturated heterocycles. The fourth-order valence-electron chi connectivity index (χ4n) is 3.64. The van der Waals surface area contributed by atoms with Crippen molar-refractivity contribution in [2.45, 2.75) is 52.8 Å². The van der Waals surface area contributed by atoms with Crippen LogP contribution < -0.4 is 0 Å². The van der Waals surface area contributed by atoms with Crippen molar-refractivity contribution in [3.63, 3.8) is 0 Å².